The topological polar surface area (TPSA) is 74.8 Å². The number of hydrogen-bond acceptors (Lipinski definition) is 3. The molecule has 0 aliphatic carbocycles. The summed E-state index contributed by atoms with van der Waals surface area (Å²) in [6, 6.07) is 6.09. The summed E-state index contributed by atoms with van der Waals surface area (Å²) in [6.45, 7) is 13.9. The van der Waals surface area contributed by atoms with E-state index >= 15 is 0 Å². The minimum absolute atomic E-state index is 0. The van der Waals surface area contributed by atoms with Gasteiger partial charge in [0.1, 0.15) is 5.75 Å². The maximum absolute atomic E-state index is 11.9. The summed E-state index contributed by atoms with van der Waals surface area (Å²) < 4.78 is 5.69. The highest BCUT2D eigenvalue weighted by Gasteiger charge is 2.13. The van der Waals surface area contributed by atoms with Gasteiger partial charge in [0.2, 0.25) is 5.91 Å². The number of benzene rings is 1. The van der Waals surface area contributed by atoms with Gasteiger partial charge >= 0.3 is 0 Å². The number of aryl methyl sites for hydroxylation is 1. The summed E-state index contributed by atoms with van der Waals surface area (Å²) >= 11 is 0. The van der Waals surface area contributed by atoms with Gasteiger partial charge in [-0.15, -0.1) is 24.0 Å². The van der Waals surface area contributed by atoms with Crippen LogP contribution in [0.1, 0.15) is 45.7 Å². The van der Waals surface area contributed by atoms with E-state index in [-0.39, 0.29) is 42.0 Å². The van der Waals surface area contributed by atoms with Crippen LogP contribution < -0.4 is 20.7 Å². The van der Waals surface area contributed by atoms with Gasteiger partial charge in [0.15, 0.2) is 5.96 Å². The van der Waals surface area contributed by atoms with E-state index in [0.29, 0.717) is 19.1 Å². The fraction of sp³-hybridized carbons (Fsp3) is 0.579. The third-order valence-electron chi connectivity index (χ3n) is 3.21. The van der Waals surface area contributed by atoms with Crippen molar-refractivity contribution in [2.24, 2.45) is 4.99 Å². The number of nitrogens with one attached hydrogen (secondary N) is 3. The molecule has 0 fully saturated rings. The van der Waals surface area contributed by atoms with Gasteiger partial charge in [-0.2, -0.15) is 0 Å². The molecule has 1 aromatic carbocycles. The van der Waals surface area contributed by atoms with Crippen molar-refractivity contribution < 1.29 is 9.53 Å². The fourth-order valence-corrected chi connectivity index (χ4v) is 2.21. The lowest BCUT2D eigenvalue weighted by Crippen LogP contribution is -2.48. The fourth-order valence-electron chi connectivity index (χ4n) is 2.21. The zero-order valence-corrected chi connectivity index (χ0v) is 19.1. The Hall–Kier alpha value is -1.51. The average Bonchev–Trinajstić information content (AvgIpc) is 2.50. The summed E-state index contributed by atoms with van der Waals surface area (Å²) in [6.07, 6.45) is 0. The predicted molar refractivity (Wildman–Crippen MR) is 118 cm³/mol. The molecular weight excluding hydrogens is 443 g/mol. The van der Waals surface area contributed by atoms with E-state index in [1.807, 2.05) is 59.7 Å². The highest BCUT2D eigenvalue weighted by Crippen LogP contribution is 2.21. The van der Waals surface area contributed by atoms with Gasteiger partial charge in [-0.05, 0) is 53.2 Å². The van der Waals surface area contributed by atoms with Crippen LogP contribution in [0.2, 0.25) is 0 Å². The molecule has 0 aromatic heterocycles. The number of nitrogens with zero attached hydrogens (tertiary/aromatic N) is 1. The van der Waals surface area contributed by atoms with Crippen LogP contribution in [-0.2, 0) is 11.3 Å². The summed E-state index contributed by atoms with van der Waals surface area (Å²) in [5.74, 6) is 1.39. The van der Waals surface area contributed by atoms with Crippen molar-refractivity contribution in [1.29, 1.82) is 0 Å². The van der Waals surface area contributed by atoms with Gasteiger partial charge < -0.3 is 20.7 Å². The molecule has 0 aliphatic heterocycles. The molecule has 0 saturated carbocycles. The maximum atomic E-state index is 11.9. The minimum atomic E-state index is -0.247. The second kappa shape index (κ2) is 12.0. The van der Waals surface area contributed by atoms with Crippen LogP contribution in [0.15, 0.2) is 23.2 Å². The Labute approximate surface area is 174 Å². The smallest absolute Gasteiger partial charge is 0.239 e. The van der Waals surface area contributed by atoms with E-state index in [1.54, 1.807) is 0 Å². The maximum Gasteiger partial charge on any atom is 0.239 e. The van der Waals surface area contributed by atoms with Crippen molar-refractivity contribution in [3.8, 4) is 5.75 Å². The second-order valence-electron chi connectivity index (χ2n) is 6.89. The molecule has 148 valence electrons. The molecule has 1 aromatic rings. The monoisotopic (exact) mass is 476 g/mol. The summed E-state index contributed by atoms with van der Waals surface area (Å²) in [5.41, 5.74) is 1.92. The number of carbonyl (C=O) groups excluding carboxylic acids is 1. The van der Waals surface area contributed by atoms with Crippen molar-refractivity contribution in [2.45, 2.75) is 53.6 Å². The Kier molecular flexibility index (Phi) is 11.3. The first-order valence-electron chi connectivity index (χ1n) is 8.80. The molecule has 6 nitrogen and oxygen atoms in total. The lowest BCUT2D eigenvalue weighted by molar-refractivity contribution is -0.121. The molecule has 1 amide bonds. The van der Waals surface area contributed by atoms with Crippen LogP contribution >= 0.6 is 24.0 Å². The Morgan fingerprint density at radius 3 is 2.46 bits per heavy atom. The molecule has 0 bridgehead atoms. The van der Waals surface area contributed by atoms with Crippen molar-refractivity contribution in [1.82, 2.24) is 16.0 Å². The van der Waals surface area contributed by atoms with Crippen molar-refractivity contribution in [3.05, 3.63) is 29.3 Å². The molecule has 0 unspecified atom stereocenters. The predicted octanol–water partition coefficient (Wildman–Crippen LogP) is 2.98. The molecule has 0 aliphatic rings. The quantitative estimate of drug-likeness (QED) is 0.322. The lowest BCUT2D eigenvalue weighted by atomic mass is 10.1. The summed E-state index contributed by atoms with van der Waals surface area (Å²) in [5, 5.41) is 9.13. The van der Waals surface area contributed by atoms with Gasteiger partial charge in [0.05, 0.1) is 19.7 Å². The van der Waals surface area contributed by atoms with Crippen molar-refractivity contribution >= 4 is 35.8 Å². The highest BCUT2D eigenvalue weighted by atomic mass is 127. The third-order valence-corrected chi connectivity index (χ3v) is 3.21. The largest absolute Gasteiger partial charge is 0.494 e. The highest BCUT2D eigenvalue weighted by molar-refractivity contribution is 14.0. The standard InChI is InChI=1S/C19H32N4O2.HI/c1-7-20-18(22-13-17(24)23-19(4,5)6)21-12-15-10-9-14(3)11-16(15)25-8-2;/h9-11H,7-8,12-13H2,1-6H3,(H,23,24)(H2,20,21,22);1H. The number of guanidine groups is 1. The molecule has 0 atom stereocenters. The Morgan fingerprint density at radius 1 is 1.19 bits per heavy atom. The van der Waals surface area contributed by atoms with Gasteiger partial charge in [-0.25, -0.2) is 4.99 Å². The molecule has 0 saturated heterocycles. The first-order valence-corrected chi connectivity index (χ1v) is 8.80. The number of aliphatic imine (C=N–C) groups is 1. The summed E-state index contributed by atoms with van der Waals surface area (Å²) in [7, 11) is 0. The normalized spacial score (nSPS) is 11.4. The van der Waals surface area contributed by atoms with E-state index in [4.69, 9.17) is 4.74 Å². The number of hydrogen-bond donors (Lipinski definition) is 3. The van der Waals surface area contributed by atoms with Crippen molar-refractivity contribution in [2.75, 3.05) is 19.7 Å². The zero-order chi connectivity index (χ0) is 18.9. The first kappa shape index (κ1) is 24.5. The number of halogens is 1. The summed E-state index contributed by atoms with van der Waals surface area (Å²) in [4.78, 5) is 16.5. The van der Waals surface area contributed by atoms with Gasteiger partial charge in [-0.1, -0.05) is 12.1 Å². The van der Waals surface area contributed by atoms with Gasteiger partial charge in [0.25, 0.3) is 0 Å². The molecule has 3 N–H and O–H groups in total. The van der Waals surface area contributed by atoms with E-state index in [2.05, 4.69) is 20.9 Å². The Morgan fingerprint density at radius 2 is 1.88 bits per heavy atom. The van der Waals surface area contributed by atoms with Crippen molar-refractivity contribution in [3.63, 3.8) is 0 Å². The molecule has 0 heterocycles. The number of carbonyl (C=O) groups is 1. The van der Waals surface area contributed by atoms with Crippen LogP contribution in [0.3, 0.4) is 0 Å². The first-order chi connectivity index (χ1) is 11.7. The molecule has 7 heteroatoms. The van der Waals surface area contributed by atoms with Crippen LogP contribution in [-0.4, -0.2) is 37.1 Å². The Bertz CT molecular complexity index is 598. The molecule has 1 rings (SSSR count). The van der Waals surface area contributed by atoms with Crippen LogP contribution in [0.25, 0.3) is 0 Å². The van der Waals surface area contributed by atoms with Crippen LogP contribution in [0.5, 0.6) is 5.75 Å². The third kappa shape index (κ3) is 9.84. The SMILES string of the molecule is CCNC(=NCc1ccc(C)cc1OCC)NCC(=O)NC(C)(C)C.I. The molecule has 0 spiro atoms. The van der Waals surface area contributed by atoms with Gasteiger partial charge in [-0.3, -0.25) is 4.79 Å². The average molecular weight is 476 g/mol. The number of rotatable bonds is 7. The zero-order valence-electron chi connectivity index (χ0n) is 16.7. The van der Waals surface area contributed by atoms with Crippen LogP contribution in [0, 0.1) is 6.92 Å². The van der Waals surface area contributed by atoms with Gasteiger partial charge in [0, 0.05) is 17.6 Å². The number of amides is 1. The number of ether oxygens (including phenoxy) is 1. The van der Waals surface area contributed by atoms with E-state index in [9.17, 15) is 4.79 Å². The van der Waals surface area contributed by atoms with E-state index < -0.39 is 0 Å². The molecular formula is C19H33IN4O2. The lowest BCUT2D eigenvalue weighted by Gasteiger charge is -2.21. The molecule has 0 radical (unpaired) electrons. The second-order valence-corrected chi connectivity index (χ2v) is 6.89. The van der Waals surface area contributed by atoms with E-state index in [0.717, 1.165) is 23.4 Å². The van der Waals surface area contributed by atoms with E-state index in [1.165, 1.54) is 0 Å². The Balaban J connectivity index is 0.00000625. The molecule has 26 heavy (non-hydrogen) atoms. The minimum Gasteiger partial charge on any atom is -0.494 e. The van der Waals surface area contributed by atoms with Crippen LogP contribution in [0.4, 0.5) is 0 Å².